The van der Waals surface area contributed by atoms with E-state index in [-0.39, 0.29) is 74.4 Å². The zero-order chi connectivity index (χ0) is 40.2. The first-order chi connectivity index (χ1) is 25.4. The molecule has 286 valence electrons. The second-order valence-corrected chi connectivity index (χ2v) is 14.3. The topological polar surface area (TPSA) is 304 Å². The number of hydrogen-bond donors (Lipinski definition) is 6. The summed E-state index contributed by atoms with van der Waals surface area (Å²) in [5.74, 6) is -3.28. The molecule has 0 bridgehead atoms. The van der Waals surface area contributed by atoms with Gasteiger partial charge in [-0.25, -0.2) is 17.3 Å². The average molecular weight is 784 g/mol. The van der Waals surface area contributed by atoms with E-state index < -0.39 is 66.9 Å². The van der Waals surface area contributed by atoms with Crippen LogP contribution in [-0.4, -0.2) is 54.9 Å². The van der Waals surface area contributed by atoms with Gasteiger partial charge in [0.1, 0.15) is 22.5 Å². The maximum Gasteiger partial charge on any atom is 0.266 e. The van der Waals surface area contributed by atoms with Gasteiger partial charge in [-0.2, -0.15) is 10.2 Å². The Morgan fingerprint density at radius 2 is 1.22 bits per heavy atom. The number of hydrogen-bond acceptors (Lipinski definition) is 13. The molecular formula is C33H37N9O10S2. The van der Waals surface area contributed by atoms with Gasteiger partial charge >= 0.3 is 0 Å². The minimum atomic E-state index is -4.31. The summed E-state index contributed by atoms with van der Waals surface area (Å²) in [6.07, 6.45) is 0.430. The number of primary amides is 2. The van der Waals surface area contributed by atoms with E-state index in [1.807, 2.05) is 0 Å². The number of azo groups is 2. The number of sulfonamides is 1. The molecule has 21 heteroatoms. The number of benzene rings is 2. The lowest BCUT2D eigenvalue weighted by Gasteiger charge is -2.15. The van der Waals surface area contributed by atoms with Crippen LogP contribution in [0.2, 0.25) is 0 Å². The number of nitrogens with two attached hydrogens (primary N) is 2. The van der Waals surface area contributed by atoms with Gasteiger partial charge in [0.2, 0.25) is 21.8 Å². The van der Waals surface area contributed by atoms with Gasteiger partial charge in [0.05, 0.1) is 21.2 Å². The molecule has 0 fully saturated rings. The van der Waals surface area contributed by atoms with Crippen LogP contribution in [0.25, 0.3) is 11.1 Å². The van der Waals surface area contributed by atoms with Crippen LogP contribution in [-0.2, 0) is 34.2 Å². The molecule has 19 nitrogen and oxygen atoms in total. The van der Waals surface area contributed by atoms with E-state index in [0.717, 1.165) is 21.3 Å². The van der Waals surface area contributed by atoms with Crippen molar-refractivity contribution in [3.05, 3.63) is 79.4 Å². The molecule has 0 saturated carbocycles. The molecule has 0 aliphatic heterocycles. The molecular weight excluding hydrogens is 747 g/mol. The van der Waals surface area contributed by atoms with Gasteiger partial charge in [-0.3, -0.25) is 28.3 Å². The predicted octanol–water partition coefficient (Wildman–Crippen LogP) is 4.04. The number of aromatic hydroxyl groups is 2. The summed E-state index contributed by atoms with van der Waals surface area (Å²) in [6.45, 7) is 7.51. The molecule has 8 N–H and O–H groups in total. The number of pyridine rings is 2. The maximum absolute atomic E-state index is 13.6. The Balaban J connectivity index is 1.89. The first kappa shape index (κ1) is 40.9. The van der Waals surface area contributed by atoms with Crippen molar-refractivity contribution < 1.29 is 37.0 Å². The van der Waals surface area contributed by atoms with Gasteiger partial charge in [0.15, 0.2) is 11.1 Å². The van der Waals surface area contributed by atoms with Crippen LogP contribution in [0.15, 0.2) is 76.2 Å². The van der Waals surface area contributed by atoms with E-state index >= 15 is 0 Å². The summed E-state index contributed by atoms with van der Waals surface area (Å²) >= 11 is -2.73. The Hall–Kier alpha value is -5.90. The van der Waals surface area contributed by atoms with E-state index in [4.69, 9.17) is 11.5 Å². The predicted molar refractivity (Wildman–Crippen MR) is 197 cm³/mol. The van der Waals surface area contributed by atoms with Crippen molar-refractivity contribution in [2.24, 2.45) is 31.9 Å². The number of carbonyl (C=O) groups excluding carboxylic acids is 2. The van der Waals surface area contributed by atoms with Crippen molar-refractivity contribution >= 4 is 55.7 Å². The molecule has 0 aliphatic carbocycles. The van der Waals surface area contributed by atoms with Crippen LogP contribution < -0.4 is 27.3 Å². The first-order valence-electron chi connectivity index (χ1n) is 16.2. The molecule has 4 aromatic rings. The van der Waals surface area contributed by atoms with Crippen LogP contribution in [0.1, 0.15) is 59.0 Å². The first-order valence-corrected chi connectivity index (χ1v) is 18.7. The minimum Gasteiger partial charge on any atom is -0.493 e. The number of nitrogens with one attached hydrogen (secondary N) is 1. The normalized spacial score (nSPS) is 12.5. The number of rotatable bonds is 14. The summed E-state index contributed by atoms with van der Waals surface area (Å²) in [7, 11) is -4.31. The molecule has 2 heterocycles. The molecule has 0 saturated heterocycles. The highest BCUT2D eigenvalue weighted by molar-refractivity contribution is 7.89. The second kappa shape index (κ2) is 16.4. The number of amides is 2. The Morgan fingerprint density at radius 3 is 1.63 bits per heavy atom. The summed E-state index contributed by atoms with van der Waals surface area (Å²) < 4.78 is 54.4. The van der Waals surface area contributed by atoms with E-state index in [1.54, 1.807) is 20.8 Å². The highest BCUT2D eigenvalue weighted by atomic mass is 32.2. The SMILES string of the molecule is CCCNS(=O)(=O)c1cc(N=Nc2c(C)c(C(N)=O)c(=O)n(CC)c2O)ccc1-c1ccc(N=Nc2c(C)c(C(N)=O)c(=O)n(CC)c2O)cc1S(=O)O. The van der Waals surface area contributed by atoms with E-state index in [9.17, 15) is 46.6 Å². The summed E-state index contributed by atoms with van der Waals surface area (Å²) in [5.41, 5.74) is 7.64. The number of nitrogens with zero attached hydrogens (tertiary/aromatic N) is 6. The van der Waals surface area contributed by atoms with Crippen molar-refractivity contribution in [2.45, 2.75) is 63.9 Å². The molecule has 1 unspecified atom stereocenters. The van der Waals surface area contributed by atoms with Gasteiger partial charge in [0.25, 0.3) is 22.9 Å². The molecule has 2 amide bonds. The lowest BCUT2D eigenvalue weighted by atomic mass is 10.0. The Kier molecular flexibility index (Phi) is 12.4. The molecule has 2 aromatic heterocycles. The lowest BCUT2D eigenvalue weighted by molar-refractivity contribution is 0.0989. The van der Waals surface area contributed by atoms with Crippen molar-refractivity contribution in [3.8, 4) is 22.9 Å². The summed E-state index contributed by atoms with van der Waals surface area (Å²) in [6, 6.07) is 7.62. The van der Waals surface area contributed by atoms with Crippen LogP contribution >= 0.6 is 0 Å². The van der Waals surface area contributed by atoms with Gasteiger partial charge in [0, 0.05) is 41.9 Å². The van der Waals surface area contributed by atoms with E-state index in [1.165, 1.54) is 38.1 Å². The number of aromatic nitrogens is 2. The average Bonchev–Trinajstić information content (AvgIpc) is 3.10. The lowest BCUT2D eigenvalue weighted by Crippen LogP contribution is -2.30. The Morgan fingerprint density at radius 1 is 0.778 bits per heavy atom. The quantitative estimate of drug-likeness (QED) is 0.0787. The third-order valence-corrected chi connectivity index (χ3v) is 10.4. The van der Waals surface area contributed by atoms with Crippen LogP contribution in [0.4, 0.5) is 22.7 Å². The van der Waals surface area contributed by atoms with E-state index in [0.29, 0.717) is 6.42 Å². The largest absolute Gasteiger partial charge is 0.493 e. The minimum absolute atomic E-state index is 0.000619. The van der Waals surface area contributed by atoms with Gasteiger partial charge in [-0.05, 0) is 58.4 Å². The fourth-order valence-electron chi connectivity index (χ4n) is 5.51. The standard InChI is InChI=1S/C33H37N9O10S2/c1-6-13-36-54(51,52)23-15-19(38-40-27-17(5)25(29(35)44)31(46)42(8-3)33(27)48)10-12-21(23)20-11-9-18(14-22(20)53(49)50)37-39-26-16(4)24(28(34)43)30(45)41(7-2)32(26)47/h9-12,14-15,36,47-48H,6-8,13H2,1-5H3,(H2,34,43)(H2,35,44)(H,49,50). The van der Waals surface area contributed by atoms with Crippen molar-refractivity contribution in [3.63, 3.8) is 0 Å². The van der Waals surface area contributed by atoms with Crippen molar-refractivity contribution in [2.75, 3.05) is 6.54 Å². The Labute approximate surface area is 310 Å². The highest BCUT2D eigenvalue weighted by Gasteiger charge is 2.25. The molecule has 0 radical (unpaired) electrons. The fraction of sp³-hybridized carbons (Fsp3) is 0.273. The van der Waals surface area contributed by atoms with Gasteiger partial charge in [-0.1, -0.05) is 19.1 Å². The number of carbonyl (C=O) groups is 2. The second-order valence-electron chi connectivity index (χ2n) is 11.6. The fourth-order valence-corrected chi connectivity index (χ4v) is 7.46. The maximum atomic E-state index is 13.6. The summed E-state index contributed by atoms with van der Waals surface area (Å²) in [4.78, 5) is 48.7. The van der Waals surface area contributed by atoms with Crippen LogP contribution in [0.5, 0.6) is 11.8 Å². The molecule has 54 heavy (non-hydrogen) atoms. The molecule has 0 aliphatic rings. The summed E-state index contributed by atoms with van der Waals surface area (Å²) in [5, 5.41) is 37.6. The molecule has 0 spiro atoms. The van der Waals surface area contributed by atoms with Crippen LogP contribution in [0, 0.1) is 13.8 Å². The third kappa shape index (κ3) is 7.88. The zero-order valence-corrected chi connectivity index (χ0v) is 31.3. The van der Waals surface area contributed by atoms with E-state index in [2.05, 4.69) is 25.2 Å². The monoisotopic (exact) mass is 783 g/mol. The smallest absolute Gasteiger partial charge is 0.266 e. The molecule has 2 aromatic carbocycles. The van der Waals surface area contributed by atoms with Gasteiger partial charge in [-0.15, -0.1) is 10.2 Å². The highest BCUT2D eigenvalue weighted by Crippen LogP contribution is 2.39. The van der Waals surface area contributed by atoms with Crippen molar-refractivity contribution in [1.82, 2.24) is 13.9 Å². The third-order valence-electron chi connectivity index (χ3n) is 8.21. The molecule has 4 rings (SSSR count). The zero-order valence-electron chi connectivity index (χ0n) is 29.6. The Bertz CT molecular complexity index is 2510. The molecule has 1 atom stereocenters. The van der Waals surface area contributed by atoms with Crippen molar-refractivity contribution in [1.29, 1.82) is 0 Å². The van der Waals surface area contributed by atoms with Crippen LogP contribution in [0.3, 0.4) is 0 Å². The van der Waals surface area contributed by atoms with Gasteiger partial charge < -0.3 is 26.2 Å².